The normalized spacial score (nSPS) is 11.6. The van der Waals surface area contributed by atoms with Crippen molar-refractivity contribution >= 4 is 23.5 Å². The van der Waals surface area contributed by atoms with E-state index < -0.39 is 12.0 Å². The number of carboxylic acids is 1. The minimum Gasteiger partial charge on any atom is -0.496 e. The van der Waals surface area contributed by atoms with Crippen LogP contribution in [0.1, 0.15) is 12.5 Å². The van der Waals surface area contributed by atoms with E-state index in [1.165, 1.54) is 6.92 Å². The zero-order valence-corrected chi connectivity index (χ0v) is 14.1. The Labute approximate surface area is 145 Å². The second-order valence-electron chi connectivity index (χ2n) is 5.34. The van der Waals surface area contributed by atoms with Crippen LogP contribution in [-0.2, 0) is 16.0 Å². The van der Waals surface area contributed by atoms with Gasteiger partial charge in [0.05, 0.1) is 7.11 Å². The van der Waals surface area contributed by atoms with Gasteiger partial charge in [0.25, 0.3) is 0 Å². The molecule has 0 bridgehead atoms. The van der Waals surface area contributed by atoms with Gasteiger partial charge in [-0.1, -0.05) is 35.9 Å². The zero-order chi connectivity index (χ0) is 17.7. The van der Waals surface area contributed by atoms with Gasteiger partial charge in [0.1, 0.15) is 11.8 Å². The number of hydrogen-bond donors (Lipinski definition) is 2. The van der Waals surface area contributed by atoms with Gasteiger partial charge >= 0.3 is 5.97 Å². The Balaban J connectivity index is 2.23. The predicted octanol–water partition coefficient (Wildman–Crippen LogP) is 3.15. The molecule has 6 heteroatoms. The third kappa shape index (κ3) is 4.49. The summed E-state index contributed by atoms with van der Waals surface area (Å²) in [7, 11) is 1.59. The molecule has 1 atom stereocenters. The van der Waals surface area contributed by atoms with Gasteiger partial charge in [-0.2, -0.15) is 0 Å². The highest BCUT2D eigenvalue weighted by molar-refractivity contribution is 6.31. The summed E-state index contributed by atoms with van der Waals surface area (Å²) in [6.45, 7) is 1.30. The van der Waals surface area contributed by atoms with Crippen molar-refractivity contribution in [2.45, 2.75) is 19.4 Å². The summed E-state index contributed by atoms with van der Waals surface area (Å²) in [6, 6.07) is 11.8. The quantitative estimate of drug-likeness (QED) is 0.841. The molecule has 2 aromatic rings. The molecule has 0 aliphatic rings. The van der Waals surface area contributed by atoms with Crippen molar-refractivity contribution in [1.29, 1.82) is 0 Å². The number of methoxy groups -OCH3 is 1. The number of nitrogens with one attached hydrogen (secondary N) is 1. The molecule has 2 N–H and O–H groups in total. The number of hydrogen-bond acceptors (Lipinski definition) is 3. The number of carboxylic acid groups (broad SMARTS) is 1. The number of amides is 1. The van der Waals surface area contributed by atoms with Crippen LogP contribution in [0.4, 0.5) is 0 Å². The summed E-state index contributed by atoms with van der Waals surface area (Å²) in [5, 5.41) is 12.2. The third-order valence-corrected chi connectivity index (χ3v) is 3.78. The van der Waals surface area contributed by atoms with Crippen LogP contribution in [0.5, 0.6) is 5.75 Å². The molecular weight excluding hydrogens is 330 g/mol. The van der Waals surface area contributed by atoms with Gasteiger partial charge in [0, 0.05) is 23.9 Å². The number of halogens is 1. The largest absolute Gasteiger partial charge is 0.496 e. The lowest BCUT2D eigenvalue weighted by Crippen LogP contribution is -2.41. The zero-order valence-electron chi connectivity index (χ0n) is 13.4. The van der Waals surface area contributed by atoms with Crippen molar-refractivity contribution in [1.82, 2.24) is 5.32 Å². The molecule has 5 nitrogen and oxygen atoms in total. The van der Waals surface area contributed by atoms with Crippen LogP contribution in [0.15, 0.2) is 42.5 Å². The predicted molar refractivity (Wildman–Crippen MR) is 92.4 cm³/mol. The molecule has 0 saturated heterocycles. The van der Waals surface area contributed by atoms with Gasteiger partial charge in [-0.25, -0.2) is 4.79 Å². The van der Waals surface area contributed by atoms with Gasteiger partial charge < -0.3 is 15.2 Å². The molecule has 0 unspecified atom stereocenters. The number of carbonyl (C=O) groups excluding carboxylic acids is 1. The first-order valence-electron chi connectivity index (χ1n) is 7.33. The smallest absolute Gasteiger partial charge is 0.326 e. The number of rotatable bonds is 6. The summed E-state index contributed by atoms with van der Waals surface area (Å²) in [5.41, 5.74) is 2.57. The molecule has 0 fully saturated rings. The van der Waals surface area contributed by atoms with Crippen molar-refractivity contribution < 1.29 is 19.4 Å². The fourth-order valence-corrected chi connectivity index (χ4v) is 2.58. The first-order valence-corrected chi connectivity index (χ1v) is 7.71. The standard InChI is InChI=1S/C18H18ClNO4/c1-11(21)20-16(18(22)23)9-12-3-5-13(6-4-12)15-10-14(19)7-8-17(15)24-2/h3-8,10,16H,9H2,1-2H3,(H,20,21)(H,22,23)/t16-/m0/s1. The van der Waals surface area contributed by atoms with Gasteiger partial charge in [-0.05, 0) is 29.3 Å². The molecule has 0 aromatic heterocycles. The van der Waals surface area contributed by atoms with Gasteiger partial charge in [0.15, 0.2) is 0 Å². The Morgan fingerprint density at radius 3 is 2.42 bits per heavy atom. The Bertz CT molecular complexity index is 743. The summed E-state index contributed by atoms with van der Waals surface area (Å²) in [6.07, 6.45) is 0.210. The average Bonchev–Trinajstić information content (AvgIpc) is 2.54. The highest BCUT2D eigenvalue weighted by atomic mass is 35.5. The van der Waals surface area contributed by atoms with E-state index in [4.69, 9.17) is 21.4 Å². The van der Waals surface area contributed by atoms with Crippen LogP contribution in [0, 0.1) is 0 Å². The first-order chi connectivity index (χ1) is 11.4. The Hall–Kier alpha value is -2.53. The topological polar surface area (TPSA) is 75.6 Å². The fraction of sp³-hybridized carbons (Fsp3) is 0.222. The number of carbonyl (C=O) groups is 2. The molecule has 2 rings (SSSR count). The van der Waals surface area contributed by atoms with Gasteiger partial charge in [0.2, 0.25) is 5.91 Å². The Morgan fingerprint density at radius 2 is 1.88 bits per heavy atom. The molecule has 0 aliphatic carbocycles. The molecule has 0 radical (unpaired) electrons. The van der Waals surface area contributed by atoms with Crippen molar-refractivity contribution in [3.05, 3.63) is 53.1 Å². The van der Waals surface area contributed by atoms with Crippen molar-refractivity contribution in [3.63, 3.8) is 0 Å². The number of ether oxygens (including phenoxy) is 1. The minimum absolute atomic E-state index is 0.210. The van der Waals surface area contributed by atoms with Crippen molar-refractivity contribution in [2.75, 3.05) is 7.11 Å². The molecule has 24 heavy (non-hydrogen) atoms. The molecule has 0 aliphatic heterocycles. The van der Waals surface area contributed by atoms with E-state index in [1.54, 1.807) is 19.2 Å². The van der Waals surface area contributed by atoms with Gasteiger partial charge in [-0.3, -0.25) is 4.79 Å². The third-order valence-electron chi connectivity index (χ3n) is 3.54. The number of aliphatic carboxylic acids is 1. The minimum atomic E-state index is -1.06. The Kier molecular flexibility index (Phi) is 5.82. The summed E-state index contributed by atoms with van der Waals surface area (Å²) in [5.74, 6) is -0.734. The molecule has 0 saturated carbocycles. The van der Waals surface area contributed by atoms with Crippen LogP contribution in [0.2, 0.25) is 5.02 Å². The SMILES string of the molecule is COc1ccc(Cl)cc1-c1ccc(C[C@H](NC(C)=O)C(=O)O)cc1. The second kappa shape index (κ2) is 7.84. The maximum atomic E-state index is 11.2. The van der Waals surface area contributed by atoms with E-state index in [1.807, 2.05) is 30.3 Å². The number of benzene rings is 2. The molecular formula is C18H18ClNO4. The first kappa shape index (κ1) is 17.8. The Morgan fingerprint density at radius 1 is 1.21 bits per heavy atom. The summed E-state index contributed by atoms with van der Waals surface area (Å²) < 4.78 is 5.34. The van der Waals surface area contributed by atoms with E-state index in [9.17, 15) is 9.59 Å². The van der Waals surface area contributed by atoms with Crippen LogP contribution in [0.25, 0.3) is 11.1 Å². The maximum Gasteiger partial charge on any atom is 0.326 e. The molecule has 0 spiro atoms. The summed E-state index contributed by atoms with van der Waals surface area (Å²) in [4.78, 5) is 22.3. The average molecular weight is 348 g/mol. The van der Waals surface area contributed by atoms with Crippen molar-refractivity contribution in [2.24, 2.45) is 0 Å². The highest BCUT2D eigenvalue weighted by Crippen LogP contribution is 2.32. The van der Waals surface area contributed by atoms with Crippen molar-refractivity contribution in [3.8, 4) is 16.9 Å². The fourth-order valence-electron chi connectivity index (χ4n) is 2.41. The van der Waals surface area contributed by atoms with Crippen LogP contribution >= 0.6 is 11.6 Å². The van der Waals surface area contributed by atoms with E-state index in [-0.39, 0.29) is 12.3 Å². The van der Waals surface area contributed by atoms with Crippen LogP contribution in [-0.4, -0.2) is 30.1 Å². The van der Waals surface area contributed by atoms with E-state index >= 15 is 0 Å². The lowest BCUT2D eigenvalue weighted by atomic mass is 10.00. The molecule has 1 amide bonds. The molecule has 0 heterocycles. The van der Waals surface area contributed by atoms with E-state index in [0.717, 1.165) is 16.7 Å². The summed E-state index contributed by atoms with van der Waals surface area (Å²) >= 11 is 6.05. The van der Waals surface area contributed by atoms with E-state index in [2.05, 4.69) is 5.32 Å². The molecule has 2 aromatic carbocycles. The highest BCUT2D eigenvalue weighted by Gasteiger charge is 2.18. The monoisotopic (exact) mass is 347 g/mol. The molecule has 126 valence electrons. The van der Waals surface area contributed by atoms with Crippen LogP contribution < -0.4 is 10.1 Å². The lowest BCUT2D eigenvalue weighted by molar-refractivity contribution is -0.141. The van der Waals surface area contributed by atoms with E-state index in [0.29, 0.717) is 10.8 Å². The lowest BCUT2D eigenvalue weighted by Gasteiger charge is -2.14. The van der Waals surface area contributed by atoms with Gasteiger partial charge in [-0.15, -0.1) is 0 Å². The maximum absolute atomic E-state index is 11.2. The van der Waals surface area contributed by atoms with Crippen LogP contribution in [0.3, 0.4) is 0 Å². The second-order valence-corrected chi connectivity index (χ2v) is 5.77.